The second-order valence-corrected chi connectivity index (χ2v) is 8.40. The lowest BCUT2D eigenvalue weighted by molar-refractivity contribution is -0.146. The van der Waals surface area contributed by atoms with Gasteiger partial charge in [-0.3, -0.25) is 14.9 Å². The van der Waals surface area contributed by atoms with Gasteiger partial charge in [-0.25, -0.2) is 9.69 Å². The van der Waals surface area contributed by atoms with Crippen molar-refractivity contribution in [1.29, 1.82) is 0 Å². The van der Waals surface area contributed by atoms with Crippen LogP contribution in [0.1, 0.15) is 5.56 Å². The van der Waals surface area contributed by atoms with Gasteiger partial charge in [0.2, 0.25) is 5.91 Å². The molecular weight excluding hydrogens is 429 g/mol. The van der Waals surface area contributed by atoms with Crippen LogP contribution < -0.4 is 15.1 Å². The summed E-state index contributed by atoms with van der Waals surface area (Å²) in [6, 6.07) is 10.8. The molecule has 2 aromatic rings. The first-order valence-electron chi connectivity index (χ1n) is 9.51. The highest BCUT2D eigenvalue weighted by atomic mass is 35.5. The lowest BCUT2D eigenvalue weighted by Crippen LogP contribution is -2.74. The summed E-state index contributed by atoms with van der Waals surface area (Å²) in [6.45, 7) is 1.22. The molecule has 0 aromatic heterocycles. The molecule has 2 aromatic carbocycles. The Balaban J connectivity index is 1.68. The van der Waals surface area contributed by atoms with Gasteiger partial charge in [-0.2, -0.15) is 0 Å². The van der Waals surface area contributed by atoms with Crippen molar-refractivity contribution in [2.45, 2.75) is 12.5 Å². The van der Waals surface area contributed by atoms with E-state index in [1.165, 1.54) is 12.1 Å². The number of morpholine rings is 1. The number of amides is 4. The zero-order valence-corrected chi connectivity index (χ0v) is 17.2. The van der Waals surface area contributed by atoms with Crippen molar-refractivity contribution < 1.29 is 19.1 Å². The number of anilines is 2. The number of rotatable bonds is 1. The van der Waals surface area contributed by atoms with Crippen molar-refractivity contribution in [3.05, 3.63) is 58.1 Å². The highest BCUT2D eigenvalue weighted by Crippen LogP contribution is 2.46. The number of hydrogen-bond acceptors (Lipinski definition) is 5. The number of fused-ring (bicyclic) bond motifs is 4. The Morgan fingerprint density at radius 2 is 1.87 bits per heavy atom. The summed E-state index contributed by atoms with van der Waals surface area (Å²) in [5, 5.41) is 2.87. The standard InChI is InChI=1S/C21H17Cl2N3O4/c22-13-5-6-14(23)16(9-13)26-19(28)21(18(27)24-20(26)29)10-12-3-1-2-4-15(12)25-7-8-30-11-17(21)25/h1-6,9,17H,7-8,10-11H2,(H,24,27,29)/t17-,21-/m0/s1. The Bertz CT molecular complexity index is 1090. The van der Waals surface area contributed by atoms with Crippen molar-refractivity contribution in [2.75, 3.05) is 29.6 Å². The van der Waals surface area contributed by atoms with Gasteiger partial charge in [-0.15, -0.1) is 0 Å². The number of hydrogen-bond donors (Lipinski definition) is 1. The Morgan fingerprint density at radius 1 is 1.07 bits per heavy atom. The lowest BCUT2D eigenvalue weighted by atomic mass is 9.68. The van der Waals surface area contributed by atoms with E-state index < -0.39 is 29.3 Å². The number of carbonyl (C=O) groups excluding carboxylic acids is 3. The van der Waals surface area contributed by atoms with E-state index >= 15 is 0 Å². The summed E-state index contributed by atoms with van der Waals surface area (Å²) >= 11 is 12.4. The van der Waals surface area contributed by atoms with Crippen LogP contribution in [0, 0.1) is 5.41 Å². The summed E-state index contributed by atoms with van der Waals surface area (Å²) in [5.41, 5.74) is 0.446. The Labute approximate surface area is 182 Å². The van der Waals surface area contributed by atoms with E-state index in [0.717, 1.165) is 16.2 Å². The van der Waals surface area contributed by atoms with E-state index in [2.05, 4.69) is 5.32 Å². The predicted octanol–water partition coefficient (Wildman–Crippen LogP) is 3.02. The number of nitrogens with zero attached hydrogens (tertiary/aromatic N) is 2. The molecule has 0 unspecified atom stereocenters. The van der Waals surface area contributed by atoms with Gasteiger partial charge in [0.05, 0.1) is 30.0 Å². The highest BCUT2D eigenvalue weighted by Gasteiger charge is 2.63. The van der Waals surface area contributed by atoms with Crippen LogP contribution in [0.5, 0.6) is 0 Å². The van der Waals surface area contributed by atoms with E-state index in [4.69, 9.17) is 27.9 Å². The quantitative estimate of drug-likeness (QED) is 0.682. The summed E-state index contributed by atoms with van der Waals surface area (Å²) in [4.78, 5) is 42.9. The van der Waals surface area contributed by atoms with Crippen molar-refractivity contribution in [1.82, 2.24) is 5.32 Å². The van der Waals surface area contributed by atoms with Crippen LogP contribution in [0.4, 0.5) is 16.2 Å². The molecule has 9 heteroatoms. The first-order valence-corrected chi connectivity index (χ1v) is 10.3. The van der Waals surface area contributed by atoms with Crippen LogP contribution >= 0.6 is 23.2 Å². The molecule has 7 nitrogen and oxygen atoms in total. The molecule has 0 radical (unpaired) electrons. The average Bonchev–Trinajstić information content (AvgIpc) is 2.74. The fraction of sp³-hybridized carbons (Fsp3) is 0.286. The average molecular weight is 446 g/mol. The maximum Gasteiger partial charge on any atom is 0.335 e. The van der Waals surface area contributed by atoms with Gasteiger partial charge < -0.3 is 9.64 Å². The van der Waals surface area contributed by atoms with Gasteiger partial charge in [-0.1, -0.05) is 41.4 Å². The predicted molar refractivity (Wildman–Crippen MR) is 112 cm³/mol. The third-order valence-electron chi connectivity index (χ3n) is 6.03. The minimum atomic E-state index is -1.53. The highest BCUT2D eigenvalue weighted by molar-refractivity contribution is 6.39. The Morgan fingerprint density at radius 3 is 2.70 bits per heavy atom. The van der Waals surface area contributed by atoms with Gasteiger partial charge >= 0.3 is 6.03 Å². The van der Waals surface area contributed by atoms with Crippen LogP contribution in [0.25, 0.3) is 0 Å². The van der Waals surface area contributed by atoms with Crippen LogP contribution in [0.3, 0.4) is 0 Å². The van der Waals surface area contributed by atoms with Crippen molar-refractivity contribution in [3.63, 3.8) is 0 Å². The summed E-state index contributed by atoms with van der Waals surface area (Å²) in [7, 11) is 0. The molecule has 0 bridgehead atoms. The molecule has 0 aliphatic carbocycles. The maximum absolute atomic E-state index is 13.9. The van der Waals surface area contributed by atoms with Crippen molar-refractivity contribution >= 4 is 52.4 Å². The smallest absolute Gasteiger partial charge is 0.335 e. The normalized spacial score (nSPS) is 25.8. The second kappa shape index (κ2) is 6.97. The minimum absolute atomic E-state index is 0.140. The molecule has 3 heterocycles. The number of barbiturate groups is 1. The molecule has 4 amide bonds. The molecule has 154 valence electrons. The zero-order chi connectivity index (χ0) is 21.0. The number of halogens is 2. The minimum Gasteiger partial charge on any atom is -0.377 e. The molecular formula is C21H17Cl2N3O4. The number of imide groups is 2. The lowest BCUT2D eigenvalue weighted by Gasteiger charge is -2.53. The van der Waals surface area contributed by atoms with Gasteiger partial charge in [0.15, 0.2) is 5.41 Å². The van der Waals surface area contributed by atoms with Gasteiger partial charge in [0, 0.05) is 17.3 Å². The van der Waals surface area contributed by atoms with E-state index in [-0.39, 0.29) is 23.7 Å². The number of urea groups is 1. The number of benzene rings is 2. The molecule has 3 aliphatic rings. The van der Waals surface area contributed by atoms with Crippen LogP contribution in [-0.2, 0) is 20.7 Å². The summed E-state index contributed by atoms with van der Waals surface area (Å²) < 4.78 is 5.66. The zero-order valence-electron chi connectivity index (χ0n) is 15.7. The molecule has 1 N–H and O–H groups in total. The number of carbonyl (C=O) groups is 3. The van der Waals surface area contributed by atoms with E-state index in [1.807, 2.05) is 29.2 Å². The van der Waals surface area contributed by atoms with Crippen molar-refractivity contribution in [3.8, 4) is 0 Å². The molecule has 0 saturated carbocycles. The van der Waals surface area contributed by atoms with Gasteiger partial charge in [0.1, 0.15) is 0 Å². The van der Waals surface area contributed by atoms with Gasteiger partial charge in [0.25, 0.3) is 5.91 Å². The fourth-order valence-electron chi connectivity index (χ4n) is 4.64. The largest absolute Gasteiger partial charge is 0.377 e. The molecule has 5 rings (SSSR count). The van der Waals surface area contributed by atoms with Crippen molar-refractivity contribution in [2.24, 2.45) is 5.41 Å². The molecule has 3 aliphatic heterocycles. The first-order chi connectivity index (χ1) is 14.4. The molecule has 30 heavy (non-hydrogen) atoms. The Hall–Kier alpha value is -2.61. The topological polar surface area (TPSA) is 79.0 Å². The summed E-state index contributed by atoms with van der Waals surface area (Å²) in [6.07, 6.45) is 0.153. The number of nitrogens with one attached hydrogen (secondary N) is 1. The molecule has 2 atom stereocenters. The molecule has 2 saturated heterocycles. The monoisotopic (exact) mass is 445 g/mol. The number of ether oxygens (including phenoxy) is 1. The third-order valence-corrected chi connectivity index (χ3v) is 6.58. The SMILES string of the molecule is O=C1NC(=O)[C@@]2(Cc3ccccc3N3CCOC[C@H]32)C(=O)N1c1cc(Cl)ccc1Cl. The molecule has 1 spiro atoms. The van der Waals surface area contributed by atoms with E-state index in [1.54, 1.807) is 6.07 Å². The maximum atomic E-state index is 13.9. The fourth-order valence-corrected chi connectivity index (χ4v) is 5.01. The van der Waals surface area contributed by atoms with Crippen LogP contribution in [0.15, 0.2) is 42.5 Å². The first kappa shape index (κ1) is 19.4. The second-order valence-electron chi connectivity index (χ2n) is 7.56. The van der Waals surface area contributed by atoms with Crippen LogP contribution in [0.2, 0.25) is 10.0 Å². The van der Waals surface area contributed by atoms with Crippen LogP contribution in [-0.4, -0.2) is 43.6 Å². The number of para-hydroxylation sites is 1. The van der Waals surface area contributed by atoms with Gasteiger partial charge in [-0.05, 0) is 36.2 Å². The Kier molecular flexibility index (Phi) is 4.50. The third kappa shape index (κ3) is 2.66. The molecule has 2 fully saturated rings. The van der Waals surface area contributed by atoms with E-state index in [0.29, 0.717) is 18.2 Å². The van der Waals surface area contributed by atoms with E-state index in [9.17, 15) is 14.4 Å². The summed E-state index contributed by atoms with van der Waals surface area (Å²) in [5.74, 6) is -1.25.